The molecule has 1 aliphatic rings. The van der Waals surface area contributed by atoms with Gasteiger partial charge < -0.3 is 20.1 Å². The van der Waals surface area contributed by atoms with Gasteiger partial charge in [0.25, 0.3) is 0 Å². The third-order valence-electron chi connectivity index (χ3n) is 4.72. The van der Waals surface area contributed by atoms with Crippen LogP contribution in [0.1, 0.15) is 32.6 Å². The Morgan fingerprint density at radius 3 is 2.68 bits per heavy atom. The lowest BCUT2D eigenvalue weighted by molar-refractivity contribution is -0.149. The molecule has 0 saturated carbocycles. The molecule has 14 heteroatoms. The predicted molar refractivity (Wildman–Crippen MR) is 126 cm³/mol. The topological polar surface area (TPSA) is 168 Å². The number of thioether (sulfide) groups is 1. The summed E-state index contributed by atoms with van der Waals surface area (Å²) in [4.78, 5) is 32.0. The smallest absolute Gasteiger partial charge is 0.459 e. The highest BCUT2D eigenvalue weighted by molar-refractivity contribution is 8.00. The minimum atomic E-state index is -4.15. The second kappa shape index (κ2) is 11.3. The number of nitrogens with one attached hydrogen (secondary N) is 1. The van der Waals surface area contributed by atoms with Crippen LogP contribution in [0.4, 0.5) is 5.95 Å². The van der Waals surface area contributed by atoms with E-state index in [1.54, 1.807) is 44.2 Å². The predicted octanol–water partition coefficient (Wildman–Crippen LogP) is 1.72. The summed E-state index contributed by atoms with van der Waals surface area (Å²) < 4.78 is 31.8. The maximum Gasteiger partial charge on any atom is 0.459 e. The number of esters is 1. The van der Waals surface area contributed by atoms with Gasteiger partial charge in [0.1, 0.15) is 18.1 Å². The number of aromatic nitrogens is 3. The van der Waals surface area contributed by atoms with Crippen LogP contribution in [0.2, 0.25) is 0 Å². The van der Waals surface area contributed by atoms with E-state index < -0.39 is 42.2 Å². The Bertz CT molecular complexity index is 1090. The first kappa shape index (κ1) is 26.2. The molecule has 34 heavy (non-hydrogen) atoms. The van der Waals surface area contributed by atoms with Crippen LogP contribution in [0.3, 0.4) is 0 Å². The number of benzene rings is 1. The molecule has 1 aromatic carbocycles. The Kier molecular flexibility index (Phi) is 8.72. The molecule has 2 aromatic rings. The minimum Gasteiger partial charge on any atom is -0.462 e. The zero-order valence-electron chi connectivity index (χ0n) is 18.9. The number of ether oxygens (including phenoxy) is 1. The summed E-state index contributed by atoms with van der Waals surface area (Å²) in [5.74, 6) is -0.518. The average molecular weight is 514 g/mol. The van der Waals surface area contributed by atoms with Crippen LogP contribution in [0.15, 0.2) is 41.5 Å². The van der Waals surface area contributed by atoms with Crippen molar-refractivity contribution in [3.8, 4) is 5.75 Å². The maximum absolute atomic E-state index is 13.8. The fourth-order valence-corrected chi connectivity index (χ4v) is 6.42. The minimum absolute atomic E-state index is 0.150. The van der Waals surface area contributed by atoms with E-state index in [-0.39, 0.29) is 30.8 Å². The summed E-state index contributed by atoms with van der Waals surface area (Å²) in [5, 5.41) is 11.5. The van der Waals surface area contributed by atoms with Gasteiger partial charge in [-0.3, -0.25) is 13.9 Å². The lowest BCUT2D eigenvalue weighted by Crippen LogP contribution is -2.38. The summed E-state index contributed by atoms with van der Waals surface area (Å²) in [7, 11) is -4.15. The van der Waals surface area contributed by atoms with Crippen molar-refractivity contribution in [2.45, 2.75) is 56.1 Å². The Morgan fingerprint density at radius 1 is 1.35 bits per heavy atom. The Balaban J connectivity index is 1.83. The zero-order chi connectivity index (χ0) is 24.9. The van der Waals surface area contributed by atoms with E-state index in [4.69, 9.17) is 19.5 Å². The van der Waals surface area contributed by atoms with Crippen molar-refractivity contribution < 1.29 is 28.3 Å². The van der Waals surface area contributed by atoms with E-state index in [9.17, 15) is 19.3 Å². The quantitative estimate of drug-likeness (QED) is 0.311. The fourth-order valence-electron chi connectivity index (χ4n) is 3.20. The van der Waals surface area contributed by atoms with Crippen LogP contribution >= 0.6 is 19.5 Å². The van der Waals surface area contributed by atoms with Gasteiger partial charge in [-0.2, -0.15) is 10.1 Å². The van der Waals surface area contributed by atoms with E-state index in [1.165, 1.54) is 29.6 Å². The van der Waals surface area contributed by atoms with E-state index >= 15 is 0 Å². The third kappa shape index (κ3) is 6.80. The Labute approximate surface area is 200 Å². The number of anilines is 1. The highest BCUT2D eigenvalue weighted by Gasteiger charge is 2.43. The second-order valence-corrected chi connectivity index (χ2v) is 10.9. The highest BCUT2D eigenvalue weighted by atomic mass is 32.2. The number of rotatable bonds is 10. The molecule has 1 aromatic heterocycles. The second-order valence-electron chi connectivity index (χ2n) is 7.83. The van der Waals surface area contributed by atoms with Gasteiger partial charge in [-0.15, -0.1) is 11.8 Å². The van der Waals surface area contributed by atoms with Crippen LogP contribution in [0.5, 0.6) is 5.75 Å². The summed E-state index contributed by atoms with van der Waals surface area (Å²) in [6.07, 6.45) is 0.303. The highest BCUT2D eigenvalue weighted by Crippen LogP contribution is 2.52. The van der Waals surface area contributed by atoms with Crippen LogP contribution in [0.25, 0.3) is 0 Å². The van der Waals surface area contributed by atoms with Gasteiger partial charge in [0.15, 0.2) is 0 Å². The van der Waals surface area contributed by atoms with Crippen LogP contribution in [-0.2, 0) is 18.6 Å². The molecule has 1 aliphatic heterocycles. The average Bonchev–Trinajstić information content (AvgIpc) is 3.15. The largest absolute Gasteiger partial charge is 0.462 e. The summed E-state index contributed by atoms with van der Waals surface area (Å²) >= 11 is 1.24. The molecule has 186 valence electrons. The lowest BCUT2D eigenvalue weighted by Gasteiger charge is -2.27. The first-order valence-corrected chi connectivity index (χ1v) is 13.1. The molecule has 0 bridgehead atoms. The molecular formula is C20H28N5O7PS. The number of carbonyl (C=O) groups is 1. The van der Waals surface area contributed by atoms with Crippen molar-refractivity contribution in [3.05, 3.63) is 47.1 Å². The number of aliphatic hydroxyl groups is 1. The molecule has 0 spiro atoms. The van der Waals surface area contributed by atoms with Crippen molar-refractivity contribution >= 4 is 31.4 Å². The van der Waals surface area contributed by atoms with Crippen molar-refractivity contribution in [1.82, 2.24) is 19.6 Å². The number of nitrogens with zero attached hydrogens (tertiary/aromatic N) is 3. The molecule has 3 rings (SSSR count). The normalized spacial score (nSPS) is 22.8. The van der Waals surface area contributed by atoms with Crippen molar-refractivity contribution in [3.63, 3.8) is 0 Å². The van der Waals surface area contributed by atoms with Gasteiger partial charge >= 0.3 is 19.4 Å². The number of carbonyl (C=O) groups excluding carboxylic acids is 1. The van der Waals surface area contributed by atoms with Crippen LogP contribution in [-0.4, -0.2) is 55.7 Å². The molecule has 1 unspecified atom stereocenters. The fraction of sp³-hybridized carbons (Fsp3) is 0.500. The monoisotopic (exact) mass is 513 g/mol. The lowest BCUT2D eigenvalue weighted by atomic mass is 10.2. The molecule has 0 aliphatic carbocycles. The molecule has 2 heterocycles. The van der Waals surface area contributed by atoms with Crippen LogP contribution in [0, 0.1) is 0 Å². The summed E-state index contributed by atoms with van der Waals surface area (Å²) in [5.41, 5.74) is 4.86. The first-order chi connectivity index (χ1) is 16.1. The van der Waals surface area contributed by atoms with E-state index in [2.05, 4.69) is 15.1 Å². The summed E-state index contributed by atoms with van der Waals surface area (Å²) in [6.45, 7) is 4.57. The maximum atomic E-state index is 13.8. The molecule has 5 atom stereocenters. The van der Waals surface area contributed by atoms with Gasteiger partial charge in [-0.05, 0) is 32.9 Å². The molecule has 0 amide bonds. The number of hydrogen-bond acceptors (Lipinski definition) is 11. The molecule has 0 radical (unpaired) electrons. The molecule has 12 nitrogen and oxygen atoms in total. The van der Waals surface area contributed by atoms with Crippen LogP contribution < -0.4 is 21.0 Å². The van der Waals surface area contributed by atoms with E-state index in [1.807, 2.05) is 0 Å². The molecule has 4 N–H and O–H groups in total. The third-order valence-corrected chi connectivity index (χ3v) is 7.96. The summed E-state index contributed by atoms with van der Waals surface area (Å²) in [6, 6.07) is 7.33. The standard InChI is InChI=1S/C20H28N5O7PS/c1-12(2)30-18(27)13(3)24-33(29,31-14-7-5-4-6-8-14)32-15-9-17(34-16(15)10-26)25-11-22-19(21)23-20(25)28/h4-8,11-13,15-17,26H,9-10H2,1-3H3,(H,24,29)(H2,21,23,28)/t13-,15+,16+,17+,33?/m0/s1. The number of aliphatic hydroxyl groups excluding tert-OH is 1. The number of hydrogen-bond donors (Lipinski definition) is 3. The number of nitrogen functional groups attached to an aromatic ring is 1. The SMILES string of the molecule is CC(C)OC(=O)[C@H](C)NP(=O)(Oc1ccccc1)O[C@@H]1C[C@H](n2cnc(N)nc2=O)S[C@@H]1CO. The van der Waals surface area contributed by atoms with E-state index in [0.717, 1.165) is 0 Å². The Morgan fingerprint density at radius 2 is 2.06 bits per heavy atom. The molecule has 1 fully saturated rings. The van der Waals surface area contributed by atoms with Crippen molar-refractivity contribution in [2.24, 2.45) is 0 Å². The van der Waals surface area contributed by atoms with Gasteiger partial charge in [-0.25, -0.2) is 14.3 Å². The molecular weight excluding hydrogens is 485 g/mol. The van der Waals surface area contributed by atoms with Gasteiger partial charge in [0, 0.05) is 6.42 Å². The van der Waals surface area contributed by atoms with Gasteiger partial charge in [-0.1, -0.05) is 18.2 Å². The Hall–Kier alpha value is -2.44. The zero-order valence-corrected chi connectivity index (χ0v) is 20.6. The van der Waals surface area contributed by atoms with Crippen molar-refractivity contribution in [1.29, 1.82) is 0 Å². The number of para-hydroxylation sites is 1. The molecule has 1 saturated heterocycles. The van der Waals surface area contributed by atoms with Crippen molar-refractivity contribution in [2.75, 3.05) is 12.3 Å². The van der Waals surface area contributed by atoms with Gasteiger partial charge in [0.2, 0.25) is 5.95 Å². The first-order valence-electron chi connectivity index (χ1n) is 10.6. The van der Waals surface area contributed by atoms with E-state index in [0.29, 0.717) is 0 Å². The van der Waals surface area contributed by atoms with Gasteiger partial charge in [0.05, 0.1) is 29.4 Å². The number of nitrogens with two attached hydrogens (primary N) is 1.